The molecule has 0 unspecified atom stereocenters. The molecule has 1 aromatic rings. The summed E-state index contributed by atoms with van der Waals surface area (Å²) in [6.45, 7) is 4.51. The summed E-state index contributed by atoms with van der Waals surface area (Å²) in [6, 6.07) is 6.21. The zero-order valence-electron chi connectivity index (χ0n) is 12.0. The second kappa shape index (κ2) is 4.95. The van der Waals surface area contributed by atoms with Crippen molar-refractivity contribution in [3.63, 3.8) is 0 Å². The Kier molecular flexibility index (Phi) is 3.29. The number of hydrogen-bond acceptors (Lipinski definition) is 3. The summed E-state index contributed by atoms with van der Waals surface area (Å²) in [6.07, 6.45) is 5.36. The van der Waals surface area contributed by atoms with Crippen LogP contribution in [0.5, 0.6) is 5.75 Å². The Labute approximate surface area is 115 Å². The predicted octanol–water partition coefficient (Wildman–Crippen LogP) is 3.73. The Bertz CT molecular complexity index is 450. The summed E-state index contributed by atoms with van der Waals surface area (Å²) in [5.41, 5.74) is 2.71. The van der Waals surface area contributed by atoms with E-state index in [4.69, 9.17) is 4.74 Å². The van der Waals surface area contributed by atoms with E-state index in [2.05, 4.69) is 23.6 Å². The number of anilines is 2. The average Bonchev–Trinajstić information content (AvgIpc) is 2.63. The Hall–Kier alpha value is -1.38. The van der Waals surface area contributed by atoms with Gasteiger partial charge >= 0.3 is 0 Å². The normalized spacial score (nSPS) is 29.9. The van der Waals surface area contributed by atoms with E-state index in [-0.39, 0.29) is 0 Å². The van der Waals surface area contributed by atoms with Gasteiger partial charge in [0.1, 0.15) is 11.4 Å². The molecule has 1 aliphatic heterocycles. The summed E-state index contributed by atoms with van der Waals surface area (Å²) in [7, 11) is 1.74. The third-order valence-corrected chi connectivity index (χ3v) is 4.88. The van der Waals surface area contributed by atoms with Crippen LogP contribution < -0.4 is 15.4 Å². The number of benzene rings is 1. The first-order valence-electron chi connectivity index (χ1n) is 7.37. The molecule has 0 aromatic heterocycles. The lowest BCUT2D eigenvalue weighted by atomic mass is 9.71. The maximum atomic E-state index is 5.46. The molecule has 3 rings (SSSR count). The van der Waals surface area contributed by atoms with Crippen molar-refractivity contribution in [3.05, 3.63) is 18.2 Å². The Morgan fingerprint density at radius 3 is 2.63 bits per heavy atom. The number of ether oxygens (including phenoxy) is 1. The molecule has 3 heteroatoms. The van der Waals surface area contributed by atoms with Crippen LogP contribution in [0.2, 0.25) is 0 Å². The quantitative estimate of drug-likeness (QED) is 0.807. The first-order valence-corrected chi connectivity index (χ1v) is 7.37. The van der Waals surface area contributed by atoms with Crippen LogP contribution in [0.15, 0.2) is 18.2 Å². The highest BCUT2D eigenvalue weighted by atomic mass is 16.5. The van der Waals surface area contributed by atoms with Gasteiger partial charge in [-0.3, -0.25) is 0 Å². The molecule has 0 bridgehead atoms. The lowest BCUT2D eigenvalue weighted by Crippen LogP contribution is -2.38. The minimum atomic E-state index is 0.413. The number of hydrogen-bond donors (Lipinski definition) is 2. The van der Waals surface area contributed by atoms with Crippen molar-refractivity contribution in [2.24, 2.45) is 11.3 Å². The third-order valence-electron chi connectivity index (χ3n) is 4.88. The van der Waals surface area contributed by atoms with Crippen molar-refractivity contribution in [3.8, 4) is 5.75 Å². The van der Waals surface area contributed by atoms with Crippen molar-refractivity contribution in [2.45, 2.75) is 32.6 Å². The fourth-order valence-electron chi connectivity index (χ4n) is 3.38. The Morgan fingerprint density at radius 1 is 1.16 bits per heavy atom. The zero-order valence-corrected chi connectivity index (χ0v) is 12.0. The summed E-state index contributed by atoms with van der Waals surface area (Å²) < 4.78 is 5.46. The molecule has 0 radical (unpaired) electrons. The minimum absolute atomic E-state index is 0.413. The monoisotopic (exact) mass is 260 g/mol. The summed E-state index contributed by atoms with van der Waals surface area (Å²) in [4.78, 5) is 0. The van der Waals surface area contributed by atoms with E-state index in [0.717, 1.165) is 30.4 Å². The average molecular weight is 260 g/mol. The Balaban J connectivity index is 1.81. The second-order valence-corrected chi connectivity index (χ2v) is 6.27. The molecule has 1 fully saturated rings. The van der Waals surface area contributed by atoms with E-state index in [1.54, 1.807) is 7.11 Å². The van der Waals surface area contributed by atoms with Gasteiger partial charge in [0.25, 0.3) is 0 Å². The van der Waals surface area contributed by atoms with Gasteiger partial charge in [0.2, 0.25) is 0 Å². The van der Waals surface area contributed by atoms with E-state index in [9.17, 15) is 0 Å². The first-order chi connectivity index (χ1) is 9.22. The van der Waals surface area contributed by atoms with E-state index >= 15 is 0 Å². The fourth-order valence-corrected chi connectivity index (χ4v) is 3.38. The highest BCUT2D eigenvalue weighted by Crippen LogP contribution is 2.43. The molecular formula is C16H24N2O. The molecule has 3 nitrogen and oxygen atoms in total. The SMILES string of the molecule is COc1cccc2c1NCC1(CCC(C)CC1)CN2. The molecule has 1 spiro atoms. The predicted molar refractivity (Wildman–Crippen MR) is 80.0 cm³/mol. The molecule has 1 aromatic carbocycles. The van der Waals surface area contributed by atoms with Crippen LogP contribution in [-0.4, -0.2) is 20.2 Å². The summed E-state index contributed by atoms with van der Waals surface area (Å²) in [5, 5.41) is 7.27. The van der Waals surface area contributed by atoms with Crippen molar-refractivity contribution in [1.82, 2.24) is 0 Å². The second-order valence-electron chi connectivity index (χ2n) is 6.27. The van der Waals surface area contributed by atoms with Gasteiger partial charge in [0.05, 0.1) is 12.8 Å². The van der Waals surface area contributed by atoms with Crippen molar-refractivity contribution >= 4 is 11.4 Å². The van der Waals surface area contributed by atoms with Crippen LogP contribution in [0.25, 0.3) is 0 Å². The standard InChI is InChI=1S/C16H24N2O/c1-12-6-8-16(9-7-12)10-17-13-4-3-5-14(19-2)15(13)18-11-16/h3-5,12,17-18H,6-11H2,1-2H3. The smallest absolute Gasteiger partial charge is 0.144 e. The van der Waals surface area contributed by atoms with E-state index in [1.807, 2.05) is 12.1 Å². The molecule has 0 saturated heterocycles. The minimum Gasteiger partial charge on any atom is -0.495 e. The van der Waals surface area contributed by atoms with Crippen molar-refractivity contribution in [1.29, 1.82) is 0 Å². The van der Waals surface area contributed by atoms with Gasteiger partial charge in [0, 0.05) is 18.5 Å². The number of methoxy groups -OCH3 is 1. The molecule has 1 aliphatic carbocycles. The van der Waals surface area contributed by atoms with E-state index < -0.39 is 0 Å². The van der Waals surface area contributed by atoms with Gasteiger partial charge in [-0.05, 0) is 30.9 Å². The van der Waals surface area contributed by atoms with Gasteiger partial charge in [0.15, 0.2) is 0 Å². The lowest BCUT2D eigenvalue weighted by Gasteiger charge is -2.38. The molecule has 19 heavy (non-hydrogen) atoms. The lowest BCUT2D eigenvalue weighted by molar-refractivity contribution is 0.185. The fraction of sp³-hybridized carbons (Fsp3) is 0.625. The van der Waals surface area contributed by atoms with Gasteiger partial charge in [-0.2, -0.15) is 0 Å². The molecule has 2 aliphatic rings. The van der Waals surface area contributed by atoms with Crippen LogP contribution in [0, 0.1) is 11.3 Å². The largest absolute Gasteiger partial charge is 0.495 e. The highest BCUT2D eigenvalue weighted by molar-refractivity contribution is 5.76. The molecular weight excluding hydrogens is 236 g/mol. The summed E-state index contributed by atoms with van der Waals surface area (Å²) in [5.74, 6) is 1.83. The number of nitrogens with one attached hydrogen (secondary N) is 2. The third kappa shape index (κ3) is 2.38. The zero-order chi connectivity index (χ0) is 13.3. The molecule has 0 amide bonds. The van der Waals surface area contributed by atoms with Crippen molar-refractivity contribution < 1.29 is 4.74 Å². The van der Waals surface area contributed by atoms with Crippen LogP contribution >= 0.6 is 0 Å². The van der Waals surface area contributed by atoms with Gasteiger partial charge in [-0.25, -0.2) is 0 Å². The molecule has 2 N–H and O–H groups in total. The van der Waals surface area contributed by atoms with Gasteiger partial charge in [-0.1, -0.05) is 25.8 Å². The van der Waals surface area contributed by atoms with Gasteiger partial charge < -0.3 is 15.4 Å². The maximum absolute atomic E-state index is 5.46. The number of para-hydroxylation sites is 1. The number of fused-ring (bicyclic) bond motifs is 1. The van der Waals surface area contributed by atoms with Crippen LogP contribution in [0.3, 0.4) is 0 Å². The van der Waals surface area contributed by atoms with Crippen molar-refractivity contribution in [2.75, 3.05) is 30.8 Å². The highest BCUT2D eigenvalue weighted by Gasteiger charge is 2.36. The molecule has 1 saturated carbocycles. The summed E-state index contributed by atoms with van der Waals surface area (Å²) >= 11 is 0. The van der Waals surface area contributed by atoms with Crippen LogP contribution in [0.1, 0.15) is 32.6 Å². The van der Waals surface area contributed by atoms with Crippen LogP contribution in [0.4, 0.5) is 11.4 Å². The maximum Gasteiger partial charge on any atom is 0.144 e. The molecule has 1 heterocycles. The topological polar surface area (TPSA) is 33.3 Å². The van der Waals surface area contributed by atoms with E-state index in [0.29, 0.717) is 5.41 Å². The first kappa shape index (κ1) is 12.6. The molecule has 0 atom stereocenters. The number of rotatable bonds is 1. The molecule has 104 valence electrons. The van der Waals surface area contributed by atoms with E-state index in [1.165, 1.54) is 31.4 Å². The van der Waals surface area contributed by atoms with Gasteiger partial charge in [-0.15, -0.1) is 0 Å². The van der Waals surface area contributed by atoms with Crippen LogP contribution in [-0.2, 0) is 0 Å². The Morgan fingerprint density at radius 2 is 1.89 bits per heavy atom.